The molecule has 46 heteroatoms. The van der Waals surface area contributed by atoms with Crippen LogP contribution in [0.25, 0.3) is 0 Å². The molecule has 148 heavy (non-hydrogen) atoms. The predicted molar refractivity (Wildman–Crippen MR) is 544 cm³/mol. The maximum absolute atomic E-state index is 14.0. The summed E-state index contributed by atoms with van der Waals surface area (Å²) in [5.41, 5.74) is 0.976. The van der Waals surface area contributed by atoms with Gasteiger partial charge in [0.25, 0.3) is 5.91 Å². The molecule has 0 spiro atoms. The molecule has 3 rings (SSSR count). The molecule has 0 aromatic rings. The second-order valence-corrected chi connectivity index (χ2v) is 37.5. The number of nitrogens with zero attached hydrogens (tertiary/aromatic N) is 1. The van der Waals surface area contributed by atoms with Crippen LogP contribution in [0.4, 0.5) is 0 Å². The van der Waals surface area contributed by atoms with Crippen LogP contribution in [0.15, 0.2) is 5.10 Å². The second kappa shape index (κ2) is 92.6. The number of hydrogen-bond donors (Lipinski definition) is 17. The number of carbonyl (C=O) groups excluding carboxylic acids is 8. The van der Waals surface area contributed by atoms with Gasteiger partial charge in [0.15, 0.2) is 18.9 Å². The van der Waals surface area contributed by atoms with E-state index < -0.39 is 177 Å². The quantitative estimate of drug-likeness (QED) is 0.0236. The predicted octanol–water partition coefficient (Wildman–Crippen LogP) is 2.47. The smallest absolute Gasteiger partial charge is 0.266 e. The Bertz CT molecular complexity index is 3080. The van der Waals surface area contributed by atoms with E-state index in [2.05, 4.69) is 61.6 Å². The average molecular weight is 2140 g/mol. The number of rotatable bonds is 101. The van der Waals surface area contributed by atoms with Crippen LogP contribution >= 0.6 is 0 Å². The standard InChI is InChI=1S/C102H191N9O37/c1-6-8-10-12-14-16-18-20-22-24-26-28-30-32-34-36-44-136-72-81(142-45-37-35-33-31-29-27-25-23-21-19-17-15-13-11-9-7-2)68-106-111-89(122)74-138-61-59-132-58-60-137-73-88(121)110-102(75-139-46-38-85(118)103-41-49-129-52-55-133-62-65-143-99-90(107-78(3)115)96(126)93(123)82(69-112)146-99,76-140-47-39-86(119)104-42-50-130-53-56-134-63-66-144-100-91(108-79(4)116)97(127)94(124)83(70-113)147-100)77-141-48-40-87(120)105-43-51-131-54-57-135-64-67-145-101-92(109-80(5)117)98(128)95(125)84(71-114)148-101/h68,81-84,90-101,112-114,123-128H,6-67,69-77H2,1-5H3,(H,103,118)(H,104,119)(H,105,120)(H,107,115)(H,108,116)(H,109,117)(H,110,121)(H,111,122)/b106-68+/t81-,82?,83?,84?,90?,91?,92?,93?,94?,95?,96?,97?,98?,99?,100?,101?,102?/m0/s1. The molecule has 0 aromatic heterocycles. The van der Waals surface area contributed by atoms with Gasteiger partial charge in [-0.2, -0.15) is 5.10 Å². The number of aliphatic hydroxyl groups is 9. The Kier molecular flexibility index (Phi) is 85.3. The summed E-state index contributed by atoms with van der Waals surface area (Å²) in [4.78, 5) is 102. The molecular formula is C102H191N9O37. The molecule has 3 aliphatic heterocycles. The van der Waals surface area contributed by atoms with E-state index in [1.54, 1.807) is 6.21 Å². The molecule has 8 amide bonds. The number of hydrazone groups is 1. The van der Waals surface area contributed by atoms with Crippen molar-refractivity contribution in [1.29, 1.82) is 0 Å². The van der Waals surface area contributed by atoms with Crippen LogP contribution in [0.5, 0.6) is 0 Å². The van der Waals surface area contributed by atoms with Gasteiger partial charge in [-0.25, -0.2) is 5.43 Å². The Balaban J connectivity index is 1.61. The van der Waals surface area contributed by atoms with Gasteiger partial charge in [0.2, 0.25) is 41.4 Å². The largest absolute Gasteiger partial charge is 0.394 e. The summed E-state index contributed by atoms with van der Waals surface area (Å²) in [5.74, 6) is -3.90. The zero-order valence-electron chi connectivity index (χ0n) is 89.4. The van der Waals surface area contributed by atoms with E-state index in [0.29, 0.717) is 19.8 Å². The molecule has 3 heterocycles. The first-order valence-electron chi connectivity index (χ1n) is 54.5. The van der Waals surface area contributed by atoms with E-state index in [0.717, 1.165) is 32.1 Å². The monoisotopic (exact) mass is 2130 g/mol. The fourth-order valence-electron chi connectivity index (χ4n) is 16.3. The molecule has 0 aliphatic carbocycles. The lowest BCUT2D eigenvalue weighted by Gasteiger charge is -2.42. The number of nitrogens with one attached hydrogen (secondary N) is 8. The van der Waals surface area contributed by atoms with Gasteiger partial charge in [-0.3, -0.25) is 38.4 Å². The third kappa shape index (κ3) is 69.9. The summed E-state index contributed by atoms with van der Waals surface area (Å²) in [6, 6.07) is -3.35. The SMILES string of the molecule is CCCCCCCCCCCCCCCCCCOC[C@H](/C=N/NC(=O)COCCOCCOCC(=O)NC(COCCC(=O)NCCOCCOCCOC1OC(CO)C(O)C(O)C1NC(C)=O)(COCCC(=O)NCCOCCOCCOC1OC(CO)C(O)C(O)C1NC(C)=O)COCCC(=O)NCCOCCOCCOC1OC(CO)C(O)C(O)C1NC(C)=O)OCCCCCCCCCCCCCCCCCC. The van der Waals surface area contributed by atoms with E-state index in [4.69, 9.17) is 94.7 Å². The maximum atomic E-state index is 14.0. The summed E-state index contributed by atoms with van der Waals surface area (Å²) >= 11 is 0. The lowest BCUT2D eigenvalue weighted by molar-refractivity contribution is -0.272. The molecule has 17 N–H and O–H groups in total. The normalized spacial score (nSPS) is 21.6. The Morgan fingerprint density at radius 2 is 0.574 bits per heavy atom. The summed E-state index contributed by atoms with van der Waals surface area (Å²) in [7, 11) is 0. The molecule has 3 fully saturated rings. The molecule has 16 atom stereocenters. The number of carbonyl (C=O) groups is 8. The highest BCUT2D eigenvalue weighted by molar-refractivity contribution is 5.79. The van der Waals surface area contributed by atoms with Gasteiger partial charge in [0.1, 0.15) is 97.9 Å². The number of amides is 8. The molecule has 3 saturated heterocycles. The van der Waals surface area contributed by atoms with E-state index in [9.17, 15) is 84.3 Å². The van der Waals surface area contributed by atoms with Crippen LogP contribution in [0.3, 0.4) is 0 Å². The first-order chi connectivity index (χ1) is 71.9. The highest BCUT2D eigenvalue weighted by atomic mass is 16.7. The molecule has 0 aromatic carbocycles. The van der Waals surface area contributed by atoms with Crippen LogP contribution in [0.1, 0.15) is 259 Å². The van der Waals surface area contributed by atoms with E-state index >= 15 is 0 Å². The van der Waals surface area contributed by atoms with Gasteiger partial charge in [0.05, 0.1) is 198 Å². The van der Waals surface area contributed by atoms with Crippen molar-refractivity contribution in [1.82, 2.24) is 42.6 Å². The van der Waals surface area contributed by atoms with Gasteiger partial charge in [-0.05, 0) is 12.8 Å². The number of aliphatic hydroxyl groups excluding tert-OH is 9. The van der Waals surface area contributed by atoms with Crippen molar-refractivity contribution < 1.29 is 179 Å². The van der Waals surface area contributed by atoms with Gasteiger partial charge in [-0.1, -0.05) is 206 Å². The zero-order chi connectivity index (χ0) is 108. The van der Waals surface area contributed by atoms with Gasteiger partial charge in [-0.15, -0.1) is 0 Å². The summed E-state index contributed by atoms with van der Waals surface area (Å²) in [6.45, 7) is 6.88. The minimum Gasteiger partial charge on any atom is -0.394 e. The van der Waals surface area contributed by atoms with Gasteiger partial charge >= 0.3 is 0 Å². The molecule has 0 radical (unpaired) electrons. The second-order valence-electron chi connectivity index (χ2n) is 37.5. The number of hydrogen-bond acceptors (Lipinski definition) is 38. The fraction of sp³-hybridized carbons (Fsp3) is 0.912. The van der Waals surface area contributed by atoms with Crippen molar-refractivity contribution in [3.05, 3.63) is 0 Å². The van der Waals surface area contributed by atoms with E-state index in [1.165, 1.54) is 194 Å². The Morgan fingerprint density at radius 1 is 0.304 bits per heavy atom. The molecule has 3 aliphatic rings. The van der Waals surface area contributed by atoms with Crippen LogP contribution in [-0.4, -0.2) is 441 Å². The highest BCUT2D eigenvalue weighted by Gasteiger charge is 2.48. The lowest BCUT2D eigenvalue weighted by Crippen LogP contribution is -2.64. The van der Waals surface area contributed by atoms with Crippen molar-refractivity contribution in [2.45, 2.75) is 363 Å². The Morgan fingerprint density at radius 3 is 0.872 bits per heavy atom. The number of unbranched alkanes of at least 4 members (excludes halogenated alkanes) is 30. The van der Waals surface area contributed by atoms with Crippen molar-refractivity contribution in [2.75, 3.05) is 238 Å². The van der Waals surface area contributed by atoms with Crippen molar-refractivity contribution in [3.8, 4) is 0 Å². The van der Waals surface area contributed by atoms with Crippen LogP contribution in [-0.2, 0) is 133 Å². The van der Waals surface area contributed by atoms with Gasteiger partial charge < -0.3 is 178 Å². The summed E-state index contributed by atoms with van der Waals surface area (Å²) < 4.78 is 115. The first-order valence-corrected chi connectivity index (χ1v) is 54.5. The molecular weight excluding hydrogens is 1940 g/mol. The Hall–Kier alpha value is -5.73. The average Bonchev–Trinajstić information content (AvgIpc) is 0.815. The summed E-state index contributed by atoms with van der Waals surface area (Å²) in [6.07, 6.45) is 25.8. The van der Waals surface area contributed by atoms with Crippen molar-refractivity contribution in [2.24, 2.45) is 5.10 Å². The summed E-state index contributed by atoms with van der Waals surface area (Å²) in [5, 5.41) is 114. The minimum absolute atomic E-state index is 0.0229. The van der Waals surface area contributed by atoms with Crippen molar-refractivity contribution in [3.63, 3.8) is 0 Å². The van der Waals surface area contributed by atoms with Crippen molar-refractivity contribution >= 4 is 53.5 Å². The lowest BCUT2D eigenvalue weighted by atomic mass is 9.97. The van der Waals surface area contributed by atoms with Crippen LogP contribution in [0, 0.1) is 0 Å². The topological polar surface area (TPSA) is 612 Å². The molecule has 46 nitrogen and oxygen atoms in total. The highest BCUT2D eigenvalue weighted by Crippen LogP contribution is 2.27. The molecule has 0 saturated carbocycles. The number of ether oxygens (including phenoxy) is 20. The minimum atomic E-state index is -1.56. The van der Waals surface area contributed by atoms with Crippen LogP contribution < -0.4 is 42.6 Å². The maximum Gasteiger partial charge on any atom is 0.266 e. The Labute approximate surface area is 877 Å². The van der Waals surface area contributed by atoms with Gasteiger partial charge in [0, 0.05) is 72.9 Å². The third-order valence-electron chi connectivity index (χ3n) is 24.5. The first kappa shape index (κ1) is 136. The van der Waals surface area contributed by atoms with E-state index in [1.807, 2.05) is 0 Å². The fourth-order valence-corrected chi connectivity index (χ4v) is 16.3. The molecule has 0 bridgehead atoms. The molecule has 15 unspecified atom stereocenters. The third-order valence-corrected chi connectivity index (χ3v) is 24.5. The van der Waals surface area contributed by atoms with Crippen LogP contribution in [0.2, 0.25) is 0 Å². The van der Waals surface area contributed by atoms with E-state index in [-0.39, 0.29) is 211 Å². The zero-order valence-corrected chi connectivity index (χ0v) is 89.4. The molecule has 866 valence electrons.